The molecule has 0 aliphatic heterocycles. The number of hydrogen-bond donors (Lipinski definition) is 1. The highest BCUT2D eigenvalue weighted by molar-refractivity contribution is 6.31. The number of anilines is 1. The average molecular weight is 296 g/mol. The number of nitrogens with one attached hydrogen (secondary N) is 1. The maximum atomic E-state index is 12.6. The Morgan fingerprint density at radius 2 is 2.11 bits per heavy atom. The SMILES string of the molecule is CCCCOC(=O)Nc1ccc(Cl)c(C(F)(F)F)c1. The molecule has 0 saturated heterocycles. The zero-order chi connectivity index (χ0) is 14.5. The van der Waals surface area contributed by atoms with Gasteiger partial charge >= 0.3 is 12.3 Å². The van der Waals surface area contributed by atoms with Crippen molar-refractivity contribution in [3.8, 4) is 0 Å². The Hall–Kier alpha value is -1.43. The van der Waals surface area contributed by atoms with Crippen LogP contribution in [0.25, 0.3) is 0 Å². The number of amides is 1. The fraction of sp³-hybridized carbons (Fsp3) is 0.417. The van der Waals surface area contributed by atoms with Gasteiger partial charge in [-0.3, -0.25) is 5.32 Å². The minimum Gasteiger partial charge on any atom is -0.449 e. The molecular weight excluding hydrogens is 283 g/mol. The maximum absolute atomic E-state index is 12.6. The fourth-order valence-electron chi connectivity index (χ4n) is 1.28. The van der Waals surface area contributed by atoms with Crippen molar-refractivity contribution in [2.75, 3.05) is 11.9 Å². The lowest BCUT2D eigenvalue weighted by Gasteiger charge is -2.11. The molecule has 1 aromatic rings. The van der Waals surface area contributed by atoms with E-state index in [0.717, 1.165) is 18.6 Å². The largest absolute Gasteiger partial charge is 0.449 e. The summed E-state index contributed by atoms with van der Waals surface area (Å²) in [6.07, 6.45) is -3.81. The second-order valence-electron chi connectivity index (χ2n) is 3.81. The zero-order valence-corrected chi connectivity index (χ0v) is 10.9. The molecule has 7 heteroatoms. The Morgan fingerprint density at radius 3 is 2.68 bits per heavy atom. The molecule has 0 heterocycles. The molecule has 106 valence electrons. The minimum atomic E-state index is -4.57. The van der Waals surface area contributed by atoms with E-state index >= 15 is 0 Å². The minimum absolute atomic E-state index is 0.0155. The van der Waals surface area contributed by atoms with Crippen LogP contribution in [-0.4, -0.2) is 12.7 Å². The summed E-state index contributed by atoms with van der Waals surface area (Å²) in [5.74, 6) is 0. The van der Waals surface area contributed by atoms with Gasteiger partial charge in [0.25, 0.3) is 0 Å². The van der Waals surface area contributed by atoms with Gasteiger partial charge in [-0.05, 0) is 24.6 Å². The summed E-state index contributed by atoms with van der Waals surface area (Å²) in [4.78, 5) is 11.3. The summed E-state index contributed by atoms with van der Waals surface area (Å²) in [6, 6.07) is 3.12. The van der Waals surface area contributed by atoms with Gasteiger partial charge in [0, 0.05) is 5.69 Å². The standard InChI is InChI=1S/C12H13ClF3NO2/c1-2-3-6-19-11(18)17-8-4-5-10(13)9(7-8)12(14,15)16/h4-5,7H,2-3,6H2,1H3,(H,17,18). The van der Waals surface area contributed by atoms with Crippen molar-refractivity contribution in [3.63, 3.8) is 0 Å². The van der Waals surface area contributed by atoms with Crippen molar-refractivity contribution < 1.29 is 22.7 Å². The number of carbonyl (C=O) groups is 1. The molecule has 19 heavy (non-hydrogen) atoms. The van der Waals surface area contributed by atoms with Crippen molar-refractivity contribution in [3.05, 3.63) is 28.8 Å². The predicted molar refractivity (Wildman–Crippen MR) is 66.3 cm³/mol. The lowest BCUT2D eigenvalue weighted by Crippen LogP contribution is -2.15. The molecule has 1 rings (SSSR count). The molecule has 1 amide bonds. The first-order valence-corrected chi connectivity index (χ1v) is 6.03. The van der Waals surface area contributed by atoms with E-state index in [0.29, 0.717) is 6.42 Å². The molecular formula is C12H13ClF3NO2. The highest BCUT2D eigenvalue weighted by Gasteiger charge is 2.33. The number of benzene rings is 1. The van der Waals surface area contributed by atoms with Crippen LogP contribution in [0.1, 0.15) is 25.3 Å². The summed E-state index contributed by atoms with van der Waals surface area (Å²) < 4.78 is 42.5. The van der Waals surface area contributed by atoms with Gasteiger partial charge in [0.2, 0.25) is 0 Å². The highest BCUT2D eigenvalue weighted by atomic mass is 35.5. The molecule has 0 saturated carbocycles. The topological polar surface area (TPSA) is 38.3 Å². The Kier molecular flexibility index (Phi) is 5.47. The molecule has 0 atom stereocenters. The maximum Gasteiger partial charge on any atom is 0.417 e. The lowest BCUT2D eigenvalue weighted by atomic mass is 10.2. The number of halogens is 4. The molecule has 1 N–H and O–H groups in total. The quantitative estimate of drug-likeness (QED) is 0.817. The number of alkyl halides is 3. The van der Waals surface area contributed by atoms with Crippen LogP contribution in [0.2, 0.25) is 5.02 Å². The van der Waals surface area contributed by atoms with Crippen LogP contribution in [0.4, 0.5) is 23.7 Å². The number of carbonyl (C=O) groups excluding carboxylic acids is 1. The van der Waals surface area contributed by atoms with Crippen molar-refractivity contribution in [1.29, 1.82) is 0 Å². The van der Waals surface area contributed by atoms with E-state index in [1.165, 1.54) is 6.07 Å². The number of unbranched alkanes of at least 4 members (excludes halogenated alkanes) is 1. The lowest BCUT2D eigenvalue weighted by molar-refractivity contribution is -0.137. The highest BCUT2D eigenvalue weighted by Crippen LogP contribution is 2.36. The molecule has 0 aliphatic rings. The fourth-order valence-corrected chi connectivity index (χ4v) is 1.51. The molecule has 1 aromatic carbocycles. The molecule has 0 unspecified atom stereocenters. The van der Waals surface area contributed by atoms with Crippen molar-refractivity contribution >= 4 is 23.4 Å². The Labute approximate surface area is 113 Å². The van der Waals surface area contributed by atoms with Crippen molar-refractivity contribution in [1.82, 2.24) is 0 Å². The summed E-state index contributed by atoms with van der Waals surface area (Å²) in [5, 5.41) is 1.80. The monoisotopic (exact) mass is 295 g/mol. The first-order valence-electron chi connectivity index (χ1n) is 5.65. The van der Waals surface area contributed by atoms with Crippen LogP contribution in [-0.2, 0) is 10.9 Å². The summed E-state index contributed by atoms with van der Waals surface area (Å²) in [7, 11) is 0. The van der Waals surface area contributed by atoms with Crippen LogP contribution in [0.3, 0.4) is 0 Å². The van der Waals surface area contributed by atoms with E-state index in [1.807, 2.05) is 6.92 Å². The normalized spacial score (nSPS) is 11.2. The van der Waals surface area contributed by atoms with E-state index < -0.39 is 22.9 Å². The third-order valence-corrected chi connectivity index (χ3v) is 2.58. The molecule has 0 spiro atoms. The first kappa shape index (κ1) is 15.6. The van der Waals surface area contributed by atoms with E-state index in [4.69, 9.17) is 16.3 Å². The second kappa shape index (κ2) is 6.65. The zero-order valence-electron chi connectivity index (χ0n) is 10.2. The van der Waals surface area contributed by atoms with Crippen LogP contribution in [0.5, 0.6) is 0 Å². The molecule has 0 aliphatic carbocycles. The molecule has 3 nitrogen and oxygen atoms in total. The van der Waals surface area contributed by atoms with Gasteiger partial charge in [0.05, 0.1) is 17.2 Å². The third kappa shape index (κ3) is 4.98. The number of hydrogen-bond acceptors (Lipinski definition) is 2. The van der Waals surface area contributed by atoms with E-state index in [2.05, 4.69) is 5.32 Å². The average Bonchev–Trinajstić information content (AvgIpc) is 2.30. The van der Waals surface area contributed by atoms with E-state index in [9.17, 15) is 18.0 Å². The number of rotatable bonds is 4. The smallest absolute Gasteiger partial charge is 0.417 e. The van der Waals surface area contributed by atoms with Crippen molar-refractivity contribution in [2.24, 2.45) is 0 Å². The van der Waals surface area contributed by atoms with Crippen molar-refractivity contribution in [2.45, 2.75) is 25.9 Å². The van der Waals surface area contributed by atoms with Gasteiger partial charge in [0.15, 0.2) is 0 Å². The van der Waals surface area contributed by atoms with Crippen LogP contribution in [0, 0.1) is 0 Å². The Morgan fingerprint density at radius 1 is 1.42 bits per heavy atom. The third-order valence-electron chi connectivity index (χ3n) is 2.25. The van der Waals surface area contributed by atoms with Gasteiger partial charge in [0.1, 0.15) is 0 Å². The first-order chi connectivity index (χ1) is 8.84. The van der Waals surface area contributed by atoms with Crippen LogP contribution in [0.15, 0.2) is 18.2 Å². The van der Waals surface area contributed by atoms with Crippen LogP contribution < -0.4 is 5.32 Å². The molecule has 0 fully saturated rings. The number of ether oxygens (including phenoxy) is 1. The van der Waals surface area contributed by atoms with Gasteiger partial charge < -0.3 is 4.74 Å². The molecule has 0 aromatic heterocycles. The molecule has 0 bridgehead atoms. The van der Waals surface area contributed by atoms with Gasteiger partial charge in [-0.25, -0.2) is 4.79 Å². The summed E-state index contributed by atoms with van der Waals surface area (Å²) >= 11 is 5.46. The second-order valence-corrected chi connectivity index (χ2v) is 4.21. The van der Waals surface area contributed by atoms with Gasteiger partial charge in [-0.15, -0.1) is 0 Å². The summed E-state index contributed by atoms with van der Waals surface area (Å²) in [5.41, 5.74) is -1.02. The summed E-state index contributed by atoms with van der Waals surface area (Å²) in [6.45, 7) is 2.15. The Bertz CT molecular complexity index is 449. The predicted octanol–water partition coefficient (Wildman–Crippen LogP) is 4.71. The Balaban J connectivity index is 2.72. The molecule has 0 radical (unpaired) electrons. The van der Waals surface area contributed by atoms with Gasteiger partial charge in [-0.1, -0.05) is 24.9 Å². The van der Waals surface area contributed by atoms with E-state index in [-0.39, 0.29) is 12.3 Å². The van der Waals surface area contributed by atoms with E-state index in [1.54, 1.807) is 0 Å². The van der Waals surface area contributed by atoms with Crippen LogP contribution >= 0.6 is 11.6 Å². The van der Waals surface area contributed by atoms with Gasteiger partial charge in [-0.2, -0.15) is 13.2 Å².